The molecular formula is C15H20N2O7. The molecule has 2 rings (SSSR count). The summed E-state index contributed by atoms with van der Waals surface area (Å²) < 4.78 is 9.81. The fraction of sp³-hybridized carbons (Fsp3) is 0.600. The van der Waals surface area contributed by atoms with E-state index in [2.05, 4.69) is 16.6 Å². The number of nitrogens with zero attached hydrogens (tertiary/aromatic N) is 1. The van der Waals surface area contributed by atoms with E-state index in [1.54, 1.807) is 0 Å². The first kappa shape index (κ1) is 18.4. The third-order valence-electron chi connectivity index (χ3n) is 3.84. The molecule has 0 spiro atoms. The molecule has 0 bridgehead atoms. The lowest BCUT2D eigenvalue weighted by Crippen LogP contribution is -2.49. The fourth-order valence-electron chi connectivity index (χ4n) is 2.46. The molecule has 1 saturated heterocycles. The van der Waals surface area contributed by atoms with E-state index in [1.807, 2.05) is 0 Å². The molecule has 9 nitrogen and oxygen atoms in total. The molecule has 0 aromatic rings. The second-order valence-corrected chi connectivity index (χ2v) is 5.48. The van der Waals surface area contributed by atoms with Crippen LogP contribution in [0, 0.1) is 11.8 Å². The van der Waals surface area contributed by atoms with Crippen LogP contribution in [0.25, 0.3) is 0 Å². The Morgan fingerprint density at radius 1 is 1.50 bits per heavy atom. The molecule has 0 aromatic carbocycles. The number of rotatable bonds is 3. The molecule has 0 aromatic heterocycles. The molecule has 5 unspecified atom stereocenters. The van der Waals surface area contributed by atoms with E-state index >= 15 is 0 Å². The van der Waals surface area contributed by atoms with Crippen LogP contribution < -0.4 is 5.73 Å². The molecule has 9 heteroatoms. The summed E-state index contributed by atoms with van der Waals surface area (Å²) in [4.78, 5) is 24.3. The number of nitrogens with two attached hydrogens (primary N) is 1. The van der Waals surface area contributed by atoms with Gasteiger partial charge < -0.3 is 30.5 Å². The number of hydrogen-bond acceptors (Lipinski definition) is 8. The predicted molar refractivity (Wildman–Crippen MR) is 79.7 cm³/mol. The molecule has 0 aliphatic carbocycles. The lowest BCUT2D eigenvalue weighted by Gasteiger charge is -2.32. The Bertz CT molecular complexity index is 594. The van der Waals surface area contributed by atoms with Gasteiger partial charge >= 0.3 is 5.97 Å². The quantitative estimate of drug-likeness (QED) is 0.324. The highest BCUT2D eigenvalue weighted by atomic mass is 16.6. The van der Waals surface area contributed by atoms with Crippen LogP contribution in [0.1, 0.15) is 12.8 Å². The first-order valence-electron chi connectivity index (χ1n) is 7.35. The number of aliphatic hydroxyl groups is 3. The zero-order valence-corrected chi connectivity index (χ0v) is 13.1. The van der Waals surface area contributed by atoms with Gasteiger partial charge in [0.1, 0.15) is 24.7 Å². The number of amides is 1. The number of carbonyl (C=O) groups is 2. The second kappa shape index (κ2) is 7.74. The zero-order chi connectivity index (χ0) is 17.9. The second-order valence-electron chi connectivity index (χ2n) is 5.48. The van der Waals surface area contributed by atoms with Gasteiger partial charge in [-0.05, 0) is 0 Å². The van der Waals surface area contributed by atoms with Gasteiger partial charge in [0.15, 0.2) is 6.23 Å². The highest BCUT2D eigenvalue weighted by molar-refractivity contribution is 5.81. The van der Waals surface area contributed by atoms with Crippen LogP contribution in [0.15, 0.2) is 11.8 Å². The summed E-state index contributed by atoms with van der Waals surface area (Å²) >= 11 is 0. The van der Waals surface area contributed by atoms with Crippen molar-refractivity contribution >= 4 is 11.9 Å². The van der Waals surface area contributed by atoms with Gasteiger partial charge in [0.2, 0.25) is 5.91 Å². The van der Waals surface area contributed by atoms with Gasteiger partial charge in [-0.3, -0.25) is 14.5 Å². The Morgan fingerprint density at radius 2 is 2.21 bits per heavy atom. The molecule has 2 aliphatic heterocycles. The van der Waals surface area contributed by atoms with Gasteiger partial charge in [-0.25, -0.2) is 0 Å². The summed E-state index contributed by atoms with van der Waals surface area (Å²) in [6, 6.07) is -0.643. The van der Waals surface area contributed by atoms with Crippen LogP contribution in [-0.2, 0) is 19.1 Å². The Balaban J connectivity index is 2.20. The lowest BCUT2D eigenvalue weighted by atomic mass is 10.0. The average Bonchev–Trinajstić information content (AvgIpc) is 2.84. The summed E-state index contributed by atoms with van der Waals surface area (Å²) in [6.45, 7) is -0.494. The predicted octanol–water partition coefficient (Wildman–Crippen LogP) is -2.56. The number of hydrogen-bond donors (Lipinski definition) is 4. The molecule has 5 atom stereocenters. The van der Waals surface area contributed by atoms with E-state index in [1.165, 1.54) is 13.3 Å². The first-order valence-corrected chi connectivity index (χ1v) is 7.35. The Hall–Kier alpha value is -1.96. The van der Waals surface area contributed by atoms with Crippen molar-refractivity contribution in [3.05, 3.63) is 11.8 Å². The van der Waals surface area contributed by atoms with E-state index in [-0.39, 0.29) is 12.8 Å². The van der Waals surface area contributed by atoms with Gasteiger partial charge in [-0.15, -0.1) is 0 Å². The molecule has 132 valence electrons. The minimum absolute atomic E-state index is 0.0643. The van der Waals surface area contributed by atoms with Crippen molar-refractivity contribution in [1.82, 2.24) is 4.90 Å². The maximum absolute atomic E-state index is 12.2. The molecular weight excluding hydrogens is 320 g/mol. The van der Waals surface area contributed by atoms with Crippen LogP contribution in [-0.4, -0.2) is 76.4 Å². The molecule has 24 heavy (non-hydrogen) atoms. The van der Waals surface area contributed by atoms with Crippen LogP contribution in [0.4, 0.5) is 0 Å². The number of carbonyl (C=O) groups excluding carboxylic acids is 2. The number of esters is 1. The van der Waals surface area contributed by atoms with E-state index in [9.17, 15) is 19.8 Å². The Kier molecular flexibility index (Phi) is 5.93. The first-order chi connectivity index (χ1) is 11.4. The normalized spacial score (nSPS) is 32.9. The summed E-state index contributed by atoms with van der Waals surface area (Å²) in [5.74, 6) is 4.40. The summed E-state index contributed by atoms with van der Waals surface area (Å²) in [7, 11) is 1.25. The largest absolute Gasteiger partial charge is 0.468 e. The third kappa shape index (κ3) is 3.75. The van der Waals surface area contributed by atoms with E-state index in [4.69, 9.17) is 15.6 Å². The minimum Gasteiger partial charge on any atom is -0.468 e. The Morgan fingerprint density at radius 3 is 2.79 bits per heavy atom. The minimum atomic E-state index is -1.37. The standard InChI is InChI=1S/C15H20N2O7/c1-23-12(20)4-2-3-8-6-17(11(19)5-9(8)16)15-14(22)13(21)10(7-18)24-15/h6,9-10,13-15,18,21-22H,4-5,7,16H2,1H3. The van der Waals surface area contributed by atoms with Gasteiger partial charge in [0.25, 0.3) is 0 Å². The number of methoxy groups -OCH3 is 1. The molecule has 5 N–H and O–H groups in total. The van der Waals surface area contributed by atoms with Crippen molar-refractivity contribution in [2.45, 2.75) is 43.4 Å². The molecule has 2 aliphatic rings. The van der Waals surface area contributed by atoms with Gasteiger partial charge in [0.05, 0.1) is 13.7 Å². The monoisotopic (exact) mass is 340 g/mol. The molecule has 0 radical (unpaired) electrons. The van der Waals surface area contributed by atoms with Crippen molar-refractivity contribution in [3.63, 3.8) is 0 Å². The van der Waals surface area contributed by atoms with Crippen molar-refractivity contribution in [2.75, 3.05) is 13.7 Å². The smallest absolute Gasteiger partial charge is 0.317 e. The molecule has 0 saturated carbocycles. The fourth-order valence-corrected chi connectivity index (χ4v) is 2.46. The van der Waals surface area contributed by atoms with Crippen LogP contribution in [0.2, 0.25) is 0 Å². The average molecular weight is 340 g/mol. The lowest BCUT2D eigenvalue weighted by molar-refractivity contribution is -0.147. The highest BCUT2D eigenvalue weighted by Crippen LogP contribution is 2.27. The zero-order valence-electron chi connectivity index (χ0n) is 13.1. The van der Waals surface area contributed by atoms with Crippen molar-refractivity contribution < 1.29 is 34.4 Å². The van der Waals surface area contributed by atoms with Gasteiger partial charge in [-0.2, -0.15) is 0 Å². The maximum atomic E-state index is 12.2. The SMILES string of the molecule is COC(=O)CC#CC1=CN(C2OC(CO)C(O)C2O)C(=O)CC1N. The summed E-state index contributed by atoms with van der Waals surface area (Å²) in [6.07, 6.45) is -3.67. The topological polar surface area (TPSA) is 143 Å². The summed E-state index contributed by atoms with van der Waals surface area (Å²) in [5, 5.41) is 28.9. The summed E-state index contributed by atoms with van der Waals surface area (Å²) in [5.41, 5.74) is 6.25. The van der Waals surface area contributed by atoms with Crippen LogP contribution >= 0.6 is 0 Å². The maximum Gasteiger partial charge on any atom is 0.317 e. The van der Waals surface area contributed by atoms with Gasteiger partial charge in [0, 0.05) is 24.2 Å². The van der Waals surface area contributed by atoms with Gasteiger partial charge in [-0.1, -0.05) is 11.8 Å². The van der Waals surface area contributed by atoms with Crippen LogP contribution in [0.3, 0.4) is 0 Å². The van der Waals surface area contributed by atoms with E-state index in [0.717, 1.165) is 4.90 Å². The van der Waals surface area contributed by atoms with Crippen molar-refractivity contribution in [3.8, 4) is 11.8 Å². The molecule has 2 heterocycles. The number of aliphatic hydroxyl groups excluding tert-OH is 3. The molecule has 1 fully saturated rings. The van der Waals surface area contributed by atoms with E-state index in [0.29, 0.717) is 5.57 Å². The Labute approximate surface area is 138 Å². The number of ether oxygens (including phenoxy) is 2. The van der Waals surface area contributed by atoms with Crippen molar-refractivity contribution in [1.29, 1.82) is 0 Å². The highest BCUT2D eigenvalue weighted by Gasteiger charge is 2.47. The van der Waals surface area contributed by atoms with Crippen molar-refractivity contribution in [2.24, 2.45) is 5.73 Å². The van der Waals surface area contributed by atoms with E-state index < -0.39 is 49.1 Å². The third-order valence-corrected chi connectivity index (χ3v) is 3.84. The molecule has 1 amide bonds. The van der Waals surface area contributed by atoms with Crippen LogP contribution in [0.5, 0.6) is 0 Å².